The molecule has 2 heterocycles. The minimum atomic E-state index is -3.64. The van der Waals surface area contributed by atoms with Gasteiger partial charge in [0.05, 0.1) is 4.90 Å². The predicted molar refractivity (Wildman–Crippen MR) is 107 cm³/mol. The fraction of sp³-hybridized carbons (Fsp3) is 0.381. The molecular weight excluding hydrogens is 393 g/mol. The van der Waals surface area contributed by atoms with Crippen molar-refractivity contribution in [2.45, 2.75) is 30.3 Å². The summed E-state index contributed by atoms with van der Waals surface area (Å²) in [4.78, 5) is 16.6. The van der Waals surface area contributed by atoms with Crippen molar-refractivity contribution >= 4 is 16.1 Å². The maximum Gasteiger partial charge on any atom is 0.320 e. The summed E-state index contributed by atoms with van der Waals surface area (Å²) in [5, 5.41) is 0. The summed E-state index contributed by atoms with van der Waals surface area (Å²) >= 11 is 0. The normalized spacial score (nSPS) is 19.1. The first kappa shape index (κ1) is 19.8. The smallest absolute Gasteiger partial charge is 0.320 e. The molecule has 6 nitrogen and oxygen atoms in total. The van der Waals surface area contributed by atoms with E-state index in [0.29, 0.717) is 45.6 Å². The Morgan fingerprint density at radius 3 is 2.21 bits per heavy atom. The fourth-order valence-electron chi connectivity index (χ4n) is 4.04. The molecule has 0 saturated carbocycles. The molecule has 0 unspecified atom stereocenters. The first-order chi connectivity index (χ1) is 13.9. The zero-order valence-corrected chi connectivity index (χ0v) is 16.9. The molecular formula is C21H24FN3O3S. The van der Waals surface area contributed by atoms with Gasteiger partial charge in [-0.25, -0.2) is 17.6 Å². The fourth-order valence-corrected chi connectivity index (χ4v) is 5.51. The molecule has 154 valence electrons. The molecule has 2 aliphatic rings. The number of hydrogen-bond acceptors (Lipinski definition) is 3. The summed E-state index contributed by atoms with van der Waals surface area (Å²) in [5.74, 6) is -0.463. The van der Waals surface area contributed by atoms with Crippen molar-refractivity contribution in [1.82, 2.24) is 14.1 Å². The molecule has 2 fully saturated rings. The van der Waals surface area contributed by atoms with Gasteiger partial charge >= 0.3 is 6.03 Å². The topological polar surface area (TPSA) is 60.9 Å². The number of benzene rings is 2. The number of hydrogen-bond donors (Lipinski definition) is 0. The van der Waals surface area contributed by atoms with Crippen LogP contribution < -0.4 is 0 Å². The molecule has 0 aromatic heterocycles. The number of urea groups is 1. The second-order valence-corrected chi connectivity index (χ2v) is 9.41. The molecule has 2 aliphatic heterocycles. The SMILES string of the molecule is O=C1N(Cc2ccccc2)CCN1C1CCN(S(=O)(=O)c2ccc(F)cc2)CC1. The number of nitrogens with zero attached hydrogens (tertiary/aromatic N) is 3. The minimum Gasteiger partial charge on any atom is -0.320 e. The summed E-state index contributed by atoms with van der Waals surface area (Å²) in [6.45, 7) is 2.65. The van der Waals surface area contributed by atoms with Crippen LogP contribution >= 0.6 is 0 Å². The van der Waals surface area contributed by atoms with Crippen molar-refractivity contribution in [2.75, 3.05) is 26.2 Å². The van der Waals surface area contributed by atoms with Crippen LogP contribution in [-0.2, 0) is 16.6 Å². The van der Waals surface area contributed by atoms with E-state index in [9.17, 15) is 17.6 Å². The van der Waals surface area contributed by atoms with Crippen LogP contribution in [-0.4, -0.2) is 60.8 Å². The van der Waals surface area contributed by atoms with E-state index in [1.54, 1.807) is 0 Å². The lowest BCUT2D eigenvalue weighted by Gasteiger charge is -2.35. The molecule has 0 atom stereocenters. The number of carbonyl (C=O) groups excluding carboxylic acids is 1. The van der Waals surface area contributed by atoms with Crippen molar-refractivity contribution in [2.24, 2.45) is 0 Å². The summed E-state index contributed by atoms with van der Waals surface area (Å²) < 4.78 is 40.0. The highest BCUT2D eigenvalue weighted by Gasteiger charge is 2.37. The average molecular weight is 418 g/mol. The van der Waals surface area contributed by atoms with E-state index in [-0.39, 0.29) is 17.0 Å². The van der Waals surface area contributed by atoms with Crippen molar-refractivity contribution in [3.05, 3.63) is 66.0 Å². The van der Waals surface area contributed by atoms with Gasteiger partial charge in [0.25, 0.3) is 0 Å². The summed E-state index contributed by atoms with van der Waals surface area (Å²) in [6, 6.07) is 14.9. The van der Waals surface area contributed by atoms with Gasteiger partial charge in [0.1, 0.15) is 5.82 Å². The molecule has 0 spiro atoms. The van der Waals surface area contributed by atoms with Gasteiger partial charge in [-0.15, -0.1) is 0 Å². The third-order valence-corrected chi connectivity index (χ3v) is 7.57. The van der Waals surface area contributed by atoms with Crippen LogP contribution in [0.25, 0.3) is 0 Å². The lowest BCUT2D eigenvalue weighted by molar-refractivity contribution is 0.153. The van der Waals surface area contributed by atoms with Crippen molar-refractivity contribution in [3.8, 4) is 0 Å². The van der Waals surface area contributed by atoms with E-state index in [0.717, 1.165) is 17.7 Å². The summed E-state index contributed by atoms with van der Waals surface area (Å²) in [5.41, 5.74) is 1.10. The van der Waals surface area contributed by atoms with Gasteiger partial charge in [0, 0.05) is 38.8 Å². The van der Waals surface area contributed by atoms with Gasteiger partial charge in [-0.2, -0.15) is 4.31 Å². The number of rotatable bonds is 5. The van der Waals surface area contributed by atoms with Crippen LogP contribution in [0.4, 0.5) is 9.18 Å². The number of sulfonamides is 1. The Morgan fingerprint density at radius 2 is 1.55 bits per heavy atom. The lowest BCUT2D eigenvalue weighted by atomic mass is 10.1. The highest BCUT2D eigenvalue weighted by molar-refractivity contribution is 7.89. The van der Waals surface area contributed by atoms with Crippen molar-refractivity contribution < 1.29 is 17.6 Å². The zero-order chi connectivity index (χ0) is 20.4. The Morgan fingerprint density at radius 1 is 0.897 bits per heavy atom. The van der Waals surface area contributed by atoms with E-state index >= 15 is 0 Å². The standard InChI is InChI=1S/C21H24FN3O3S/c22-18-6-8-20(9-7-18)29(27,28)24-12-10-19(11-13-24)25-15-14-23(21(25)26)16-17-4-2-1-3-5-17/h1-9,19H,10-16H2. The van der Waals surface area contributed by atoms with E-state index in [4.69, 9.17) is 0 Å². The quantitative estimate of drug-likeness (QED) is 0.752. The predicted octanol–water partition coefficient (Wildman–Crippen LogP) is 2.92. The zero-order valence-electron chi connectivity index (χ0n) is 16.1. The number of amides is 2. The number of carbonyl (C=O) groups is 1. The number of halogens is 1. The van der Waals surface area contributed by atoms with Crippen molar-refractivity contribution in [1.29, 1.82) is 0 Å². The van der Waals surface area contributed by atoms with Crippen LogP contribution in [0.5, 0.6) is 0 Å². The van der Waals surface area contributed by atoms with Gasteiger partial charge in [0.15, 0.2) is 0 Å². The second kappa shape index (κ2) is 8.12. The van der Waals surface area contributed by atoms with Gasteiger partial charge in [0.2, 0.25) is 10.0 Å². The van der Waals surface area contributed by atoms with Crippen LogP contribution in [0.15, 0.2) is 59.5 Å². The van der Waals surface area contributed by atoms with E-state index in [2.05, 4.69) is 0 Å². The Labute approximate surface area is 170 Å². The van der Waals surface area contributed by atoms with Gasteiger partial charge in [-0.1, -0.05) is 30.3 Å². The first-order valence-corrected chi connectivity index (χ1v) is 11.2. The summed E-state index contributed by atoms with van der Waals surface area (Å²) in [7, 11) is -3.64. The molecule has 2 aromatic rings. The largest absolute Gasteiger partial charge is 0.320 e. The highest BCUT2D eigenvalue weighted by atomic mass is 32.2. The molecule has 2 amide bonds. The maximum atomic E-state index is 13.1. The second-order valence-electron chi connectivity index (χ2n) is 7.47. The first-order valence-electron chi connectivity index (χ1n) is 9.80. The Hall–Kier alpha value is -2.45. The molecule has 8 heteroatoms. The molecule has 0 bridgehead atoms. The Bertz CT molecular complexity index is 958. The monoisotopic (exact) mass is 417 g/mol. The molecule has 2 saturated heterocycles. The van der Waals surface area contributed by atoms with E-state index < -0.39 is 15.8 Å². The van der Waals surface area contributed by atoms with Gasteiger partial charge in [-0.3, -0.25) is 0 Å². The average Bonchev–Trinajstić information content (AvgIpc) is 3.09. The molecule has 0 aliphatic carbocycles. The third kappa shape index (κ3) is 4.13. The lowest BCUT2D eigenvalue weighted by Crippen LogP contribution is -2.47. The van der Waals surface area contributed by atoms with Crippen molar-refractivity contribution in [3.63, 3.8) is 0 Å². The van der Waals surface area contributed by atoms with Crippen LogP contribution in [0.2, 0.25) is 0 Å². The van der Waals surface area contributed by atoms with Gasteiger partial charge in [-0.05, 0) is 42.7 Å². The Kier molecular flexibility index (Phi) is 5.56. The molecule has 2 aromatic carbocycles. The minimum absolute atomic E-state index is 0.0219. The van der Waals surface area contributed by atoms with Crippen LogP contribution in [0.1, 0.15) is 18.4 Å². The van der Waals surface area contributed by atoms with E-state index in [1.165, 1.54) is 16.4 Å². The van der Waals surface area contributed by atoms with Crippen LogP contribution in [0.3, 0.4) is 0 Å². The van der Waals surface area contributed by atoms with Gasteiger partial charge < -0.3 is 9.80 Å². The van der Waals surface area contributed by atoms with Crippen LogP contribution in [0, 0.1) is 5.82 Å². The van der Waals surface area contributed by atoms with E-state index in [1.807, 2.05) is 40.1 Å². The maximum absolute atomic E-state index is 13.1. The number of piperidine rings is 1. The molecule has 0 N–H and O–H groups in total. The Balaban J connectivity index is 1.36. The summed E-state index contributed by atoms with van der Waals surface area (Å²) in [6.07, 6.45) is 1.21. The highest BCUT2D eigenvalue weighted by Crippen LogP contribution is 2.26. The molecule has 29 heavy (non-hydrogen) atoms. The third-order valence-electron chi connectivity index (χ3n) is 5.66. The molecule has 4 rings (SSSR count). The molecule has 0 radical (unpaired) electrons.